The van der Waals surface area contributed by atoms with Gasteiger partial charge in [0, 0.05) is 16.8 Å². The van der Waals surface area contributed by atoms with Crippen LogP contribution in [0.15, 0.2) is 48.5 Å². The maximum atomic E-state index is 12.3. The summed E-state index contributed by atoms with van der Waals surface area (Å²) >= 11 is 0. The molecule has 0 heterocycles. The first-order valence-electron chi connectivity index (χ1n) is 7.20. The maximum absolute atomic E-state index is 12.3. The van der Waals surface area contributed by atoms with E-state index in [-0.39, 0.29) is 5.78 Å². The Morgan fingerprint density at radius 2 is 1.75 bits per heavy atom. The molecule has 2 heteroatoms. The Morgan fingerprint density at radius 3 is 2.40 bits per heavy atom. The molecule has 2 N–H and O–H groups in total. The van der Waals surface area contributed by atoms with E-state index in [1.165, 1.54) is 24.8 Å². The van der Waals surface area contributed by atoms with E-state index in [0.717, 1.165) is 12.0 Å². The van der Waals surface area contributed by atoms with Crippen molar-refractivity contribution in [3.8, 4) is 0 Å². The molecule has 0 spiro atoms. The summed E-state index contributed by atoms with van der Waals surface area (Å²) in [4.78, 5) is 12.3. The molecule has 0 saturated carbocycles. The van der Waals surface area contributed by atoms with Gasteiger partial charge in [0.25, 0.3) is 0 Å². The zero-order chi connectivity index (χ0) is 14.4. The van der Waals surface area contributed by atoms with Gasteiger partial charge in [-0.05, 0) is 30.5 Å². The van der Waals surface area contributed by atoms with Crippen molar-refractivity contribution < 1.29 is 4.79 Å². The monoisotopic (exact) mass is 267 g/mol. The number of unbranched alkanes of at least 4 members (excludes halogenated alkanes) is 2. The summed E-state index contributed by atoms with van der Waals surface area (Å²) in [7, 11) is 0. The second-order valence-corrected chi connectivity index (χ2v) is 5.11. The van der Waals surface area contributed by atoms with Crippen molar-refractivity contribution in [2.75, 3.05) is 5.73 Å². The molecule has 0 aliphatic heterocycles. The van der Waals surface area contributed by atoms with Crippen LogP contribution < -0.4 is 5.73 Å². The topological polar surface area (TPSA) is 43.1 Å². The van der Waals surface area contributed by atoms with Crippen LogP contribution in [-0.2, 0) is 6.42 Å². The smallest absolute Gasteiger partial charge is 0.193 e. The highest BCUT2D eigenvalue weighted by atomic mass is 16.1. The lowest BCUT2D eigenvalue weighted by Gasteiger charge is -2.04. The fraction of sp³-hybridized carbons (Fsp3) is 0.278. The maximum Gasteiger partial charge on any atom is 0.193 e. The molecule has 2 aromatic carbocycles. The molecule has 2 aromatic rings. The lowest BCUT2D eigenvalue weighted by atomic mass is 10.00. The minimum absolute atomic E-state index is 0.0254. The van der Waals surface area contributed by atoms with Gasteiger partial charge >= 0.3 is 0 Å². The zero-order valence-corrected chi connectivity index (χ0v) is 11.9. The molecule has 0 unspecified atom stereocenters. The number of nitrogen functional groups attached to an aromatic ring is 1. The van der Waals surface area contributed by atoms with Crippen molar-refractivity contribution in [3.63, 3.8) is 0 Å². The third kappa shape index (κ3) is 3.70. The highest BCUT2D eigenvalue weighted by Crippen LogP contribution is 2.15. The van der Waals surface area contributed by atoms with E-state index in [1.54, 1.807) is 18.2 Å². The molecule has 2 rings (SSSR count). The Balaban J connectivity index is 2.07. The fourth-order valence-electron chi connectivity index (χ4n) is 2.25. The van der Waals surface area contributed by atoms with Crippen molar-refractivity contribution in [1.82, 2.24) is 0 Å². The Labute approximate surface area is 120 Å². The number of benzene rings is 2. The van der Waals surface area contributed by atoms with Crippen LogP contribution in [0.5, 0.6) is 0 Å². The molecule has 0 atom stereocenters. The highest BCUT2D eigenvalue weighted by Gasteiger charge is 2.08. The normalized spacial score (nSPS) is 10.4. The van der Waals surface area contributed by atoms with Gasteiger partial charge in [0.1, 0.15) is 0 Å². The molecule has 2 nitrogen and oxygen atoms in total. The van der Waals surface area contributed by atoms with Crippen LogP contribution in [0.1, 0.15) is 47.7 Å². The summed E-state index contributed by atoms with van der Waals surface area (Å²) in [5.74, 6) is 0.0254. The van der Waals surface area contributed by atoms with E-state index in [2.05, 4.69) is 19.1 Å². The van der Waals surface area contributed by atoms with Crippen molar-refractivity contribution >= 4 is 11.5 Å². The summed E-state index contributed by atoms with van der Waals surface area (Å²) in [5.41, 5.74) is 8.99. The summed E-state index contributed by atoms with van der Waals surface area (Å²) in [5, 5.41) is 0. The van der Waals surface area contributed by atoms with Gasteiger partial charge in [0.2, 0.25) is 0 Å². The van der Waals surface area contributed by atoms with Gasteiger partial charge in [-0.2, -0.15) is 0 Å². The van der Waals surface area contributed by atoms with E-state index in [4.69, 9.17) is 5.73 Å². The van der Waals surface area contributed by atoms with Crippen LogP contribution in [0.25, 0.3) is 0 Å². The molecule has 0 aliphatic rings. The van der Waals surface area contributed by atoms with Gasteiger partial charge in [-0.1, -0.05) is 56.2 Å². The van der Waals surface area contributed by atoms with Crippen LogP contribution in [0.4, 0.5) is 5.69 Å². The Kier molecular flexibility index (Phi) is 4.94. The lowest BCUT2D eigenvalue weighted by molar-refractivity contribution is 0.103. The number of aryl methyl sites for hydroxylation is 1. The average molecular weight is 267 g/mol. The molecule has 0 aliphatic carbocycles. The van der Waals surface area contributed by atoms with Crippen LogP contribution in [0.3, 0.4) is 0 Å². The molecule has 0 aromatic heterocycles. The first-order valence-corrected chi connectivity index (χ1v) is 7.20. The molecule has 0 radical (unpaired) electrons. The van der Waals surface area contributed by atoms with E-state index in [0.29, 0.717) is 11.3 Å². The van der Waals surface area contributed by atoms with E-state index >= 15 is 0 Å². The predicted octanol–water partition coefficient (Wildman–Crippen LogP) is 4.23. The zero-order valence-electron chi connectivity index (χ0n) is 11.9. The fourth-order valence-corrected chi connectivity index (χ4v) is 2.25. The lowest BCUT2D eigenvalue weighted by Crippen LogP contribution is -2.02. The molecular weight excluding hydrogens is 246 g/mol. The Morgan fingerprint density at radius 1 is 1.00 bits per heavy atom. The standard InChI is InChI=1S/C18H21NO/c1-2-3-4-6-14-9-11-15(12-10-14)18(20)16-7-5-8-17(19)13-16/h5,7-13H,2-4,6,19H2,1H3. The van der Waals surface area contributed by atoms with E-state index < -0.39 is 0 Å². The van der Waals surface area contributed by atoms with Gasteiger partial charge in [-0.3, -0.25) is 4.79 Å². The third-order valence-corrected chi connectivity index (χ3v) is 3.43. The van der Waals surface area contributed by atoms with Crippen molar-refractivity contribution in [2.24, 2.45) is 0 Å². The average Bonchev–Trinajstić information content (AvgIpc) is 2.47. The van der Waals surface area contributed by atoms with Gasteiger partial charge in [0.05, 0.1) is 0 Å². The molecule has 0 amide bonds. The number of hydrogen-bond acceptors (Lipinski definition) is 2. The summed E-state index contributed by atoms with van der Waals surface area (Å²) in [6.45, 7) is 2.20. The summed E-state index contributed by atoms with van der Waals surface area (Å²) in [6.07, 6.45) is 4.77. The second kappa shape index (κ2) is 6.90. The highest BCUT2D eigenvalue weighted by molar-refractivity contribution is 6.09. The van der Waals surface area contributed by atoms with Crippen molar-refractivity contribution in [2.45, 2.75) is 32.6 Å². The number of carbonyl (C=O) groups is 1. The number of rotatable bonds is 6. The predicted molar refractivity (Wildman–Crippen MR) is 84.0 cm³/mol. The molecule has 0 bridgehead atoms. The van der Waals surface area contributed by atoms with Crippen LogP contribution in [0, 0.1) is 0 Å². The second-order valence-electron chi connectivity index (χ2n) is 5.11. The van der Waals surface area contributed by atoms with E-state index in [1.807, 2.05) is 18.2 Å². The van der Waals surface area contributed by atoms with Crippen LogP contribution in [0.2, 0.25) is 0 Å². The molecule has 0 fully saturated rings. The minimum Gasteiger partial charge on any atom is -0.399 e. The Hall–Kier alpha value is -2.09. The number of carbonyl (C=O) groups excluding carboxylic acids is 1. The first-order chi connectivity index (χ1) is 9.70. The van der Waals surface area contributed by atoms with Gasteiger partial charge < -0.3 is 5.73 Å². The molecule has 20 heavy (non-hydrogen) atoms. The number of nitrogens with two attached hydrogens (primary N) is 1. The largest absolute Gasteiger partial charge is 0.399 e. The summed E-state index contributed by atoms with van der Waals surface area (Å²) < 4.78 is 0. The van der Waals surface area contributed by atoms with Crippen LogP contribution >= 0.6 is 0 Å². The van der Waals surface area contributed by atoms with Crippen molar-refractivity contribution in [3.05, 3.63) is 65.2 Å². The first kappa shape index (κ1) is 14.3. The molecule has 104 valence electrons. The third-order valence-electron chi connectivity index (χ3n) is 3.43. The molecule has 0 saturated heterocycles. The number of hydrogen-bond donors (Lipinski definition) is 1. The van der Waals surface area contributed by atoms with Gasteiger partial charge in [-0.15, -0.1) is 0 Å². The Bertz CT molecular complexity index is 572. The minimum atomic E-state index is 0.0254. The van der Waals surface area contributed by atoms with Crippen LogP contribution in [-0.4, -0.2) is 5.78 Å². The van der Waals surface area contributed by atoms with Gasteiger partial charge in [0.15, 0.2) is 5.78 Å². The summed E-state index contributed by atoms with van der Waals surface area (Å²) in [6, 6.07) is 15.0. The van der Waals surface area contributed by atoms with Gasteiger partial charge in [-0.25, -0.2) is 0 Å². The quantitative estimate of drug-likeness (QED) is 0.483. The van der Waals surface area contributed by atoms with E-state index in [9.17, 15) is 4.79 Å². The number of ketones is 1. The molecular formula is C18H21NO. The number of anilines is 1. The van der Waals surface area contributed by atoms with Crippen molar-refractivity contribution in [1.29, 1.82) is 0 Å². The SMILES string of the molecule is CCCCCc1ccc(C(=O)c2cccc(N)c2)cc1.